The fourth-order valence-corrected chi connectivity index (χ4v) is 2.71. The van der Waals surface area contributed by atoms with E-state index in [1.54, 1.807) is 0 Å². The predicted octanol–water partition coefficient (Wildman–Crippen LogP) is -0.0141. The van der Waals surface area contributed by atoms with Gasteiger partial charge in [-0.2, -0.15) is 0 Å². The van der Waals surface area contributed by atoms with Crippen LogP contribution < -0.4 is 5.32 Å². The number of piperidine rings is 1. The monoisotopic (exact) mass is 256 g/mol. The fourth-order valence-electron chi connectivity index (χ4n) is 2.71. The van der Waals surface area contributed by atoms with Crippen molar-refractivity contribution in [2.24, 2.45) is 5.92 Å². The molecule has 0 aromatic rings. The maximum absolute atomic E-state index is 12.1. The number of nitrogens with zero attached hydrogens (tertiary/aromatic N) is 1. The summed E-state index contributed by atoms with van der Waals surface area (Å²) in [5, 5.41) is 12.4. The Balaban J connectivity index is 1.70. The van der Waals surface area contributed by atoms with Crippen LogP contribution in [0.1, 0.15) is 25.7 Å². The maximum atomic E-state index is 12.1. The van der Waals surface area contributed by atoms with E-state index in [9.17, 15) is 4.79 Å². The standard InChI is InChI=1S/C13H24N2O3/c16-10-12-9-15(6-7-18-12)13(17)4-3-11-2-1-5-14-8-11/h11-12,14,16H,1-10H2. The summed E-state index contributed by atoms with van der Waals surface area (Å²) < 4.78 is 5.35. The van der Waals surface area contributed by atoms with E-state index >= 15 is 0 Å². The van der Waals surface area contributed by atoms with Gasteiger partial charge in [0, 0.05) is 19.5 Å². The molecule has 1 amide bonds. The molecule has 0 aliphatic carbocycles. The van der Waals surface area contributed by atoms with Gasteiger partial charge >= 0.3 is 0 Å². The Morgan fingerprint density at radius 1 is 1.50 bits per heavy atom. The van der Waals surface area contributed by atoms with Gasteiger partial charge in [0.25, 0.3) is 0 Å². The van der Waals surface area contributed by atoms with Crippen LogP contribution in [0.3, 0.4) is 0 Å². The van der Waals surface area contributed by atoms with Gasteiger partial charge in [0.15, 0.2) is 0 Å². The van der Waals surface area contributed by atoms with Crippen LogP contribution in [0.5, 0.6) is 0 Å². The van der Waals surface area contributed by atoms with Gasteiger partial charge in [-0.05, 0) is 38.3 Å². The van der Waals surface area contributed by atoms with Crippen LogP contribution in [-0.4, -0.2) is 61.4 Å². The molecular weight excluding hydrogens is 232 g/mol. The van der Waals surface area contributed by atoms with E-state index in [2.05, 4.69) is 5.32 Å². The Kier molecular flexibility index (Phi) is 5.41. The van der Waals surface area contributed by atoms with Crippen molar-refractivity contribution in [2.75, 3.05) is 39.4 Å². The molecule has 0 radical (unpaired) electrons. The summed E-state index contributed by atoms with van der Waals surface area (Å²) in [7, 11) is 0. The van der Waals surface area contributed by atoms with Crippen molar-refractivity contribution in [3.63, 3.8) is 0 Å². The fraction of sp³-hybridized carbons (Fsp3) is 0.923. The van der Waals surface area contributed by atoms with Gasteiger partial charge in [-0.3, -0.25) is 4.79 Å². The van der Waals surface area contributed by atoms with Gasteiger partial charge in [0.05, 0.1) is 19.3 Å². The van der Waals surface area contributed by atoms with Gasteiger partial charge in [0.1, 0.15) is 0 Å². The lowest BCUT2D eigenvalue weighted by Gasteiger charge is -2.32. The van der Waals surface area contributed by atoms with Crippen LogP contribution in [0.25, 0.3) is 0 Å². The maximum Gasteiger partial charge on any atom is 0.222 e. The van der Waals surface area contributed by atoms with Crippen molar-refractivity contribution in [1.82, 2.24) is 10.2 Å². The highest BCUT2D eigenvalue weighted by molar-refractivity contribution is 5.76. The highest BCUT2D eigenvalue weighted by Crippen LogP contribution is 2.17. The number of amides is 1. The quantitative estimate of drug-likeness (QED) is 0.742. The molecule has 104 valence electrons. The molecule has 0 aromatic carbocycles. The van der Waals surface area contributed by atoms with Crippen LogP contribution in [0.15, 0.2) is 0 Å². The number of hydrogen-bond donors (Lipinski definition) is 2. The van der Waals surface area contributed by atoms with Crippen molar-refractivity contribution in [2.45, 2.75) is 31.8 Å². The molecule has 0 spiro atoms. The molecule has 2 atom stereocenters. The molecule has 2 aliphatic rings. The van der Waals surface area contributed by atoms with Crippen molar-refractivity contribution < 1.29 is 14.6 Å². The number of carbonyl (C=O) groups excluding carboxylic acids is 1. The van der Waals surface area contributed by atoms with Crippen molar-refractivity contribution in [3.8, 4) is 0 Å². The first-order valence-electron chi connectivity index (χ1n) is 7.00. The van der Waals surface area contributed by atoms with Crippen molar-refractivity contribution in [1.29, 1.82) is 0 Å². The number of aliphatic hydroxyl groups excluding tert-OH is 1. The van der Waals surface area contributed by atoms with Crippen LogP contribution in [-0.2, 0) is 9.53 Å². The average Bonchev–Trinajstić information content (AvgIpc) is 2.46. The number of morpholine rings is 1. The molecule has 5 heteroatoms. The van der Waals surface area contributed by atoms with E-state index in [1.807, 2.05) is 4.90 Å². The number of rotatable bonds is 4. The second-order valence-corrected chi connectivity index (χ2v) is 5.27. The zero-order chi connectivity index (χ0) is 12.8. The van der Waals surface area contributed by atoms with Crippen LogP contribution >= 0.6 is 0 Å². The summed E-state index contributed by atoms with van der Waals surface area (Å²) in [6, 6.07) is 0. The van der Waals surface area contributed by atoms with E-state index in [4.69, 9.17) is 9.84 Å². The third kappa shape index (κ3) is 3.93. The molecule has 2 N–H and O–H groups in total. The lowest BCUT2D eigenvalue weighted by Crippen LogP contribution is -2.47. The van der Waals surface area contributed by atoms with Crippen LogP contribution in [0.2, 0.25) is 0 Å². The molecule has 0 bridgehead atoms. The molecule has 2 aliphatic heterocycles. The molecule has 2 heterocycles. The highest BCUT2D eigenvalue weighted by atomic mass is 16.5. The summed E-state index contributed by atoms with van der Waals surface area (Å²) in [4.78, 5) is 13.9. The zero-order valence-corrected chi connectivity index (χ0v) is 10.9. The molecule has 2 rings (SSSR count). The Morgan fingerprint density at radius 3 is 3.11 bits per heavy atom. The summed E-state index contributed by atoms with van der Waals surface area (Å²) in [5.41, 5.74) is 0. The summed E-state index contributed by atoms with van der Waals surface area (Å²) >= 11 is 0. The smallest absolute Gasteiger partial charge is 0.222 e. The minimum Gasteiger partial charge on any atom is -0.394 e. The van der Waals surface area contributed by atoms with Crippen LogP contribution in [0.4, 0.5) is 0 Å². The van der Waals surface area contributed by atoms with Gasteiger partial charge in [-0.1, -0.05) is 0 Å². The van der Waals surface area contributed by atoms with E-state index in [-0.39, 0.29) is 18.6 Å². The zero-order valence-electron chi connectivity index (χ0n) is 10.9. The molecule has 0 aromatic heterocycles. The van der Waals surface area contributed by atoms with Gasteiger partial charge in [0.2, 0.25) is 5.91 Å². The second kappa shape index (κ2) is 7.07. The molecule has 18 heavy (non-hydrogen) atoms. The van der Waals surface area contributed by atoms with E-state index in [1.165, 1.54) is 12.8 Å². The van der Waals surface area contributed by atoms with Gasteiger partial charge in [-0.25, -0.2) is 0 Å². The number of aliphatic hydroxyl groups is 1. The first kappa shape index (κ1) is 13.8. The molecular formula is C13H24N2O3. The van der Waals surface area contributed by atoms with Crippen molar-refractivity contribution in [3.05, 3.63) is 0 Å². The number of nitrogens with one attached hydrogen (secondary N) is 1. The minimum absolute atomic E-state index is 0.00365. The first-order valence-corrected chi connectivity index (χ1v) is 7.00. The number of ether oxygens (including phenoxy) is 1. The Morgan fingerprint density at radius 2 is 2.39 bits per heavy atom. The Labute approximate surface area is 108 Å². The number of carbonyl (C=O) groups is 1. The third-order valence-electron chi connectivity index (χ3n) is 3.86. The second-order valence-electron chi connectivity index (χ2n) is 5.27. The van der Waals surface area contributed by atoms with Gasteiger partial charge in [-0.15, -0.1) is 0 Å². The molecule has 2 fully saturated rings. The SMILES string of the molecule is O=C(CCC1CCCNC1)N1CCOC(CO)C1. The summed E-state index contributed by atoms with van der Waals surface area (Å²) in [6.45, 7) is 3.91. The van der Waals surface area contributed by atoms with Crippen molar-refractivity contribution >= 4 is 5.91 Å². The highest BCUT2D eigenvalue weighted by Gasteiger charge is 2.24. The Bertz CT molecular complexity index is 267. The van der Waals surface area contributed by atoms with E-state index < -0.39 is 0 Å². The molecule has 2 unspecified atom stereocenters. The lowest BCUT2D eigenvalue weighted by atomic mass is 9.94. The largest absolute Gasteiger partial charge is 0.394 e. The average molecular weight is 256 g/mol. The van der Waals surface area contributed by atoms with E-state index in [0.29, 0.717) is 32.0 Å². The topological polar surface area (TPSA) is 61.8 Å². The normalized spacial score (nSPS) is 29.3. The Hall–Kier alpha value is -0.650. The predicted molar refractivity (Wildman–Crippen MR) is 68.2 cm³/mol. The first-order chi connectivity index (χ1) is 8.79. The van der Waals surface area contributed by atoms with Crippen LogP contribution in [0, 0.1) is 5.92 Å². The van der Waals surface area contributed by atoms with Gasteiger partial charge < -0.3 is 20.1 Å². The summed E-state index contributed by atoms with van der Waals surface area (Å²) in [6.07, 6.45) is 3.88. The minimum atomic E-state index is -0.195. The third-order valence-corrected chi connectivity index (χ3v) is 3.86. The number of hydrogen-bond acceptors (Lipinski definition) is 4. The molecule has 0 saturated carbocycles. The molecule has 5 nitrogen and oxygen atoms in total. The summed E-state index contributed by atoms with van der Waals surface area (Å²) in [5.74, 6) is 0.861. The van der Waals surface area contributed by atoms with E-state index in [0.717, 1.165) is 19.5 Å². The lowest BCUT2D eigenvalue weighted by molar-refractivity contribution is -0.140. The molecule has 2 saturated heterocycles.